The molecule has 1 heterocycles. The van der Waals surface area contributed by atoms with E-state index in [1.165, 1.54) is 84.1 Å². The Kier molecular flexibility index (Phi) is 3.72. The molecular formula is C15H28N2. The van der Waals surface area contributed by atoms with Gasteiger partial charge in [-0.3, -0.25) is 0 Å². The van der Waals surface area contributed by atoms with Gasteiger partial charge in [0.2, 0.25) is 0 Å². The van der Waals surface area contributed by atoms with Crippen LogP contribution in [-0.2, 0) is 0 Å². The summed E-state index contributed by atoms with van der Waals surface area (Å²) in [7, 11) is 0. The Bertz CT molecular complexity index is 231. The highest BCUT2D eigenvalue weighted by atomic mass is 15.1. The fraction of sp³-hybridized carbons (Fsp3) is 1.00. The fourth-order valence-corrected chi connectivity index (χ4v) is 3.74. The molecule has 0 atom stereocenters. The van der Waals surface area contributed by atoms with Crippen LogP contribution in [-0.4, -0.2) is 37.6 Å². The van der Waals surface area contributed by atoms with Crippen molar-refractivity contribution in [2.24, 2.45) is 11.3 Å². The molecule has 17 heavy (non-hydrogen) atoms. The maximum Gasteiger partial charge on any atom is 0.0107 e. The average molecular weight is 236 g/mol. The smallest absolute Gasteiger partial charge is 0.0107 e. The Balaban J connectivity index is 1.30. The molecule has 0 aromatic carbocycles. The van der Waals surface area contributed by atoms with Crippen LogP contribution in [0.3, 0.4) is 0 Å². The fourth-order valence-electron chi connectivity index (χ4n) is 3.74. The van der Waals surface area contributed by atoms with Gasteiger partial charge < -0.3 is 10.2 Å². The number of piperidine rings is 1. The molecule has 1 N–H and O–H groups in total. The van der Waals surface area contributed by atoms with Gasteiger partial charge in [0.25, 0.3) is 0 Å². The first-order valence-corrected chi connectivity index (χ1v) is 7.79. The molecule has 0 aromatic rings. The molecule has 2 heteroatoms. The van der Waals surface area contributed by atoms with E-state index < -0.39 is 0 Å². The Labute approximate surface area is 106 Å². The molecule has 3 fully saturated rings. The third kappa shape index (κ3) is 3.23. The molecule has 1 saturated heterocycles. The van der Waals surface area contributed by atoms with Crippen LogP contribution in [0.5, 0.6) is 0 Å². The normalized spacial score (nSPS) is 28.9. The second-order valence-corrected chi connectivity index (χ2v) is 6.70. The third-order valence-corrected chi connectivity index (χ3v) is 5.32. The monoisotopic (exact) mass is 236 g/mol. The Hall–Kier alpha value is -0.0800. The summed E-state index contributed by atoms with van der Waals surface area (Å²) in [6, 6.07) is 0. The van der Waals surface area contributed by atoms with Gasteiger partial charge in [0.1, 0.15) is 0 Å². The number of nitrogens with zero attached hydrogens (tertiary/aromatic N) is 1. The zero-order chi connectivity index (χ0) is 11.6. The molecule has 2 nitrogen and oxygen atoms in total. The van der Waals surface area contributed by atoms with Crippen LogP contribution in [0.15, 0.2) is 0 Å². The Morgan fingerprint density at radius 3 is 2.35 bits per heavy atom. The van der Waals surface area contributed by atoms with Crippen molar-refractivity contribution >= 4 is 0 Å². The van der Waals surface area contributed by atoms with Crippen molar-refractivity contribution in [2.75, 3.05) is 32.7 Å². The van der Waals surface area contributed by atoms with Gasteiger partial charge in [0, 0.05) is 13.1 Å². The molecule has 1 aliphatic heterocycles. The lowest BCUT2D eigenvalue weighted by atomic mass is 9.77. The van der Waals surface area contributed by atoms with E-state index in [2.05, 4.69) is 10.2 Å². The predicted octanol–water partition coefficient (Wildman–Crippen LogP) is 2.64. The first-order chi connectivity index (χ1) is 8.36. The Morgan fingerprint density at radius 1 is 1.00 bits per heavy atom. The lowest BCUT2D eigenvalue weighted by Gasteiger charge is -2.39. The zero-order valence-electron chi connectivity index (χ0n) is 11.2. The summed E-state index contributed by atoms with van der Waals surface area (Å²) in [4.78, 5) is 2.68. The summed E-state index contributed by atoms with van der Waals surface area (Å²) >= 11 is 0. The minimum atomic E-state index is 0.790. The van der Waals surface area contributed by atoms with Crippen molar-refractivity contribution in [3.8, 4) is 0 Å². The van der Waals surface area contributed by atoms with Crippen LogP contribution >= 0.6 is 0 Å². The summed E-state index contributed by atoms with van der Waals surface area (Å²) in [5, 5.41) is 3.61. The molecule has 2 saturated carbocycles. The molecule has 0 aromatic heterocycles. The first-order valence-electron chi connectivity index (χ1n) is 7.79. The largest absolute Gasteiger partial charge is 0.315 e. The molecule has 0 amide bonds. The molecule has 2 aliphatic carbocycles. The minimum Gasteiger partial charge on any atom is -0.315 e. The van der Waals surface area contributed by atoms with E-state index in [-0.39, 0.29) is 0 Å². The maximum absolute atomic E-state index is 3.61. The summed E-state index contributed by atoms with van der Waals surface area (Å²) < 4.78 is 0. The van der Waals surface area contributed by atoms with Gasteiger partial charge in [0.15, 0.2) is 0 Å². The number of nitrogens with one attached hydrogen (secondary N) is 1. The van der Waals surface area contributed by atoms with E-state index in [0.29, 0.717) is 0 Å². The third-order valence-electron chi connectivity index (χ3n) is 5.32. The molecule has 3 aliphatic rings. The molecular weight excluding hydrogens is 208 g/mol. The van der Waals surface area contributed by atoms with Crippen LogP contribution < -0.4 is 5.32 Å². The Morgan fingerprint density at radius 2 is 1.71 bits per heavy atom. The van der Waals surface area contributed by atoms with E-state index in [4.69, 9.17) is 0 Å². The molecule has 98 valence electrons. The summed E-state index contributed by atoms with van der Waals surface area (Å²) in [5.41, 5.74) is 0.790. The lowest BCUT2D eigenvalue weighted by Crippen LogP contribution is -2.42. The molecule has 0 radical (unpaired) electrons. The quantitative estimate of drug-likeness (QED) is 0.738. The highest BCUT2D eigenvalue weighted by Crippen LogP contribution is 2.45. The van der Waals surface area contributed by atoms with E-state index >= 15 is 0 Å². The van der Waals surface area contributed by atoms with Crippen molar-refractivity contribution in [3.63, 3.8) is 0 Å². The molecule has 3 rings (SSSR count). The predicted molar refractivity (Wildman–Crippen MR) is 72.2 cm³/mol. The number of hydrogen-bond acceptors (Lipinski definition) is 2. The van der Waals surface area contributed by atoms with Crippen LogP contribution in [0.2, 0.25) is 0 Å². The van der Waals surface area contributed by atoms with E-state index in [1.807, 2.05) is 0 Å². The van der Waals surface area contributed by atoms with Gasteiger partial charge in [-0.2, -0.15) is 0 Å². The van der Waals surface area contributed by atoms with E-state index in [1.54, 1.807) is 0 Å². The SMILES string of the molecule is C1CCC2(C1)CCN(CCNCC1CC1)CC2. The lowest BCUT2D eigenvalue weighted by molar-refractivity contribution is 0.109. The molecule has 1 spiro atoms. The highest BCUT2D eigenvalue weighted by Gasteiger charge is 2.36. The van der Waals surface area contributed by atoms with Crippen LogP contribution in [0.1, 0.15) is 51.4 Å². The average Bonchev–Trinajstić information content (AvgIpc) is 3.08. The maximum atomic E-state index is 3.61. The van der Waals surface area contributed by atoms with Crippen molar-refractivity contribution in [1.82, 2.24) is 10.2 Å². The topological polar surface area (TPSA) is 15.3 Å². The van der Waals surface area contributed by atoms with Crippen LogP contribution in [0.4, 0.5) is 0 Å². The van der Waals surface area contributed by atoms with Gasteiger partial charge >= 0.3 is 0 Å². The number of hydrogen-bond donors (Lipinski definition) is 1. The first kappa shape index (κ1) is 12.0. The van der Waals surface area contributed by atoms with Crippen molar-refractivity contribution in [3.05, 3.63) is 0 Å². The van der Waals surface area contributed by atoms with Crippen LogP contribution in [0, 0.1) is 11.3 Å². The molecule has 0 unspecified atom stereocenters. The number of rotatable bonds is 5. The van der Waals surface area contributed by atoms with Crippen molar-refractivity contribution in [1.29, 1.82) is 0 Å². The van der Waals surface area contributed by atoms with Gasteiger partial charge in [0.05, 0.1) is 0 Å². The van der Waals surface area contributed by atoms with Gasteiger partial charge in [-0.15, -0.1) is 0 Å². The second-order valence-electron chi connectivity index (χ2n) is 6.70. The minimum absolute atomic E-state index is 0.790. The molecule has 0 bridgehead atoms. The van der Waals surface area contributed by atoms with Gasteiger partial charge in [-0.25, -0.2) is 0 Å². The summed E-state index contributed by atoms with van der Waals surface area (Å²) in [6.45, 7) is 6.50. The summed E-state index contributed by atoms with van der Waals surface area (Å²) in [5.74, 6) is 1.03. The van der Waals surface area contributed by atoms with Crippen molar-refractivity contribution < 1.29 is 0 Å². The highest BCUT2D eigenvalue weighted by molar-refractivity contribution is 4.89. The second kappa shape index (κ2) is 5.27. The van der Waals surface area contributed by atoms with Crippen molar-refractivity contribution in [2.45, 2.75) is 51.4 Å². The van der Waals surface area contributed by atoms with Crippen LogP contribution in [0.25, 0.3) is 0 Å². The summed E-state index contributed by atoms with van der Waals surface area (Å²) in [6.07, 6.45) is 12.0. The van der Waals surface area contributed by atoms with E-state index in [0.717, 1.165) is 11.3 Å². The van der Waals surface area contributed by atoms with Gasteiger partial charge in [-0.1, -0.05) is 12.8 Å². The number of likely N-dealkylation sites (tertiary alicyclic amines) is 1. The standard InChI is InChI=1S/C15H28N2/c1-2-6-15(5-1)7-10-17(11-8-15)12-9-16-13-14-3-4-14/h14,16H,1-13H2. The van der Waals surface area contributed by atoms with Gasteiger partial charge in [-0.05, 0) is 69.5 Å². The van der Waals surface area contributed by atoms with E-state index in [9.17, 15) is 0 Å². The zero-order valence-corrected chi connectivity index (χ0v) is 11.2.